The fraction of sp³-hybridized carbons (Fsp3) is 0.588. The first-order valence-electron chi connectivity index (χ1n) is 8.32. The van der Waals surface area contributed by atoms with Gasteiger partial charge in [0.05, 0.1) is 0 Å². The molecular formula is C17H25N3OS. The van der Waals surface area contributed by atoms with Gasteiger partial charge in [0, 0.05) is 44.0 Å². The van der Waals surface area contributed by atoms with E-state index in [4.69, 9.17) is 12.2 Å². The van der Waals surface area contributed by atoms with Crippen molar-refractivity contribution in [3.8, 4) is 5.75 Å². The molecule has 1 saturated carbocycles. The van der Waals surface area contributed by atoms with Gasteiger partial charge in [-0.1, -0.05) is 25.3 Å². The minimum absolute atomic E-state index is 0.328. The predicted octanol–water partition coefficient (Wildman–Crippen LogP) is 2.72. The van der Waals surface area contributed by atoms with Crippen LogP contribution in [0.2, 0.25) is 0 Å². The topological polar surface area (TPSA) is 38.7 Å². The van der Waals surface area contributed by atoms with Crippen LogP contribution in [0.5, 0.6) is 5.75 Å². The van der Waals surface area contributed by atoms with Crippen molar-refractivity contribution < 1.29 is 5.11 Å². The number of phenolic OH excluding ortho intramolecular Hbond substituents is 1. The molecule has 120 valence electrons. The van der Waals surface area contributed by atoms with Crippen molar-refractivity contribution >= 4 is 23.0 Å². The van der Waals surface area contributed by atoms with Crippen LogP contribution in [0.25, 0.3) is 0 Å². The van der Waals surface area contributed by atoms with Crippen LogP contribution in [0, 0.1) is 0 Å². The number of piperazine rings is 1. The Bertz CT molecular complexity index is 508. The molecule has 3 rings (SSSR count). The molecule has 0 spiro atoms. The number of nitrogens with one attached hydrogen (secondary N) is 1. The van der Waals surface area contributed by atoms with Gasteiger partial charge in [-0.05, 0) is 37.2 Å². The van der Waals surface area contributed by atoms with E-state index in [9.17, 15) is 5.11 Å². The van der Waals surface area contributed by atoms with Crippen LogP contribution in [-0.4, -0.2) is 47.3 Å². The molecule has 1 saturated heterocycles. The molecule has 2 aliphatic rings. The maximum Gasteiger partial charge on any atom is 0.169 e. The quantitative estimate of drug-likeness (QED) is 0.820. The van der Waals surface area contributed by atoms with Crippen molar-refractivity contribution in [2.45, 2.75) is 38.1 Å². The van der Waals surface area contributed by atoms with Gasteiger partial charge in [-0.2, -0.15) is 0 Å². The maximum atomic E-state index is 9.60. The monoisotopic (exact) mass is 319 g/mol. The summed E-state index contributed by atoms with van der Waals surface area (Å²) in [7, 11) is 0. The Morgan fingerprint density at radius 1 is 1.09 bits per heavy atom. The summed E-state index contributed by atoms with van der Waals surface area (Å²) < 4.78 is 0. The fourth-order valence-corrected chi connectivity index (χ4v) is 3.72. The summed E-state index contributed by atoms with van der Waals surface area (Å²) in [6.45, 7) is 3.76. The van der Waals surface area contributed by atoms with Crippen molar-refractivity contribution in [1.29, 1.82) is 0 Å². The van der Waals surface area contributed by atoms with Crippen molar-refractivity contribution in [2.24, 2.45) is 0 Å². The number of aromatic hydroxyl groups is 1. The third kappa shape index (κ3) is 3.83. The highest BCUT2D eigenvalue weighted by Gasteiger charge is 2.21. The summed E-state index contributed by atoms with van der Waals surface area (Å²) >= 11 is 5.59. The zero-order valence-electron chi connectivity index (χ0n) is 13.0. The van der Waals surface area contributed by atoms with E-state index in [0.717, 1.165) is 37.0 Å². The third-order valence-electron chi connectivity index (χ3n) is 4.69. The van der Waals surface area contributed by atoms with E-state index in [1.54, 1.807) is 6.07 Å². The molecule has 1 aliphatic carbocycles. The summed E-state index contributed by atoms with van der Waals surface area (Å²) in [5.74, 6) is 0.328. The van der Waals surface area contributed by atoms with Gasteiger partial charge in [0.1, 0.15) is 5.75 Å². The first kappa shape index (κ1) is 15.4. The second-order valence-electron chi connectivity index (χ2n) is 6.28. The number of rotatable bonds is 2. The van der Waals surface area contributed by atoms with E-state index in [0.29, 0.717) is 11.8 Å². The number of benzene rings is 1. The van der Waals surface area contributed by atoms with Crippen LogP contribution < -0.4 is 10.2 Å². The van der Waals surface area contributed by atoms with Gasteiger partial charge >= 0.3 is 0 Å². The summed E-state index contributed by atoms with van der Waals surface area (Å²) in [4.78, 5) is 4.59. The lowest BCUT2D eigenvalue weighted by Crippen LogP contribution is -2.53. The zero-order valence-corrected chi connectivity index (χ0v) is 13.8. The summed E-state index contributed by atoms with van der Waals surface area (Å²) in [6.07, 6.45) is 6.53. The zero-order chi connectivity index (χ0) is 15.4. The van der Waals surface area contributed by atoms with E-state index >= 15 is 0 Å². The number of thiocarbonyl (C=S) groups is 1. The van der Waals surface area contributed by atoms with Gasteiger partial charge in [-0.15, -0.1) is 0 Å². The van der Waals surface area contributed by atoms with Gasteiger partial charge < -0.3 is 20.2 Å². The lowest BCUT2D eigenvalue weighted by atomic mass is 9.96. The summed E-state index contributed by atoms with van der Waals surface area (Å²) in [5, 5.41) is 14.1. The van der Waals surface area contributed by atoms with Crippen molar-refractivity contribution in [1.82, 2.24) is 10.2 Å². The fourth-order valence-electron chi connectivity index (χ4n) is 3.37. The molecule has 0 radical (unpaired) electrons. The van der Waals surface area contributed by atoms with Crippen LogP contribution in [0.15, 0.2) is 24.3 Å². The number of hydrogen-bond donors (Lipinski definition) is 2. The van der Waals surface area contributed by atoms with Crippen LogP contribution >= 0.6 is 12.2 Å². The van der Waals surface area contributed by atoms with E-state index in [-0.39, 0.29) is 0 Å². The average molecular weight is 319 g/mol. The lowest BCUT2D eigenvalue weighted by Gasteiger charge is -2.38. The van der Waals surface area contributed by atoms with Crippen molar-refractivity contribution in [3.05, 3.63) is 24.3 Å². The molecule has 1 aliphatic heterocycles. The van der Waals surface area contributed by atoms with Gasteiger partial charge in [0.15, 0.2) is 5.11 Å². The molecule has 2 N–H and O–H groups in total. The molecule has 22 heavy (non-hydrogen) atoms. The lowest BCUT2D eigenvalue weighted by molar-refractivity contribution is 0.355. The normalized spacial score (nSPS) is 20.0. The minimum atomic E-state index is 0.328. The smallest absolute Gasteiger partial charge is 0.169 e. The van der Waals surface area contributed by atoms with Crippen LogP contribution in [0.3, 0.4) is 0 Å². The first-order chi connectivity index (χ1) is 10.7. The SMILES string of the molecule is Oc1cccc(N2CCN(C(=S)NC3CCCCC3)CC2)c1. The molecule has 0 bridgehead atoms. The Morgan fingerprint density at radius 2 is 1.82 bits per heavy atom. The van der Waals surface area contributed by atoms with Crippen LogP contribution in [0.4, 0.5) is 5.69 Å². The number of hydrogen-bond acceptors (Lipinski definition) is 3. The van der Waals surface area contributed by atoms with E-state index in [1.165, 1.54) is 32.1 Å². The summed E-state index contributed by atoms with van der Waals surface area (Å²) in [6, 6.07) is 8.06. The summed E-state index contributed by atoms with van der Waals surface area (Å²) in [5.41, 5.74) is 1.09. The van der Waals surface area contributed by atoms with Gasteiger partial charge in [0.25, 0.3) is 0 Å². The molecule has 5 heteroatoms. The Labute approximate surface area is 138 Å². The van der Waals surface area contributed by atoms with Gasteiger partial charge in [-0.3, -0.25) is 0 Å². The molecule has 0 unspecified atom stereocenters. The average Bonchev–Trinajstić information content (AvgIpc) is 2.56. The van der Waals surface area contributed by atoms with Gasteiger partial charge in [0.2, 0.25) is 0 Å². The molecule has 1 aromatic rings. The third-order valence-corrected chi connectivity index (χ3v) is 5.07. The Hall–Kier alpha value is -1.49. The predicted molar refractivity (Wildman–Crippen MR) is 94.5 cm³/mol. The minimum Gasteiger partial charge on any atom is -0.508 e. The largest absolute Gasteiger partial charge is 0.508 e. The number of anilines is 1. The Morgan fingerprint density at radius 3 is 2.50 bits per heavy atom. The molecule has 0 atom stereocenters. The molecule has 0 aromatic heterocycles. The Balaban J connectivity index is 1.49. The second-order valence-corrected chi connectivity index (χ2v) is 6.67. The van der Waals surface area contributed by atoms with Crippen LogP contribution in [-0.2, 0) is 0 Å². The highest BCUT2D eigenvalue weighted by Crippen LogP contribution is 2.22. The number of phenols is 1. The molecular weight excluding hydrogens is 294 g/mol. The molecule has 0 amide bonds. The highest BCUT2D eigenvalue weighted by atomic mass is 32.1. The second kappa shape index (κ2) is 7.18. The van der Waals surface area contributed by atoms with E-state index < -0.39 is 0 Å². The molecule has 1 aromatic carbocycles. The first-order valence-corrected chi connectivity index (χ1v) is 8.72. The highest BCUT2D eigenvalue weighted by molar-refractivity contribution is 7.80. The maximum absolute atomic E-state index is 9.60. The molecule has 4 nitrogen and oxygen atoms in total. The Kier molecular flexibility index (Phi) is 5.03. The van der Waals surface area contributed by atoms with Crippen molar-refractivity contribution in [3.63, 3.8) is 0 Å². The van der Waals surface area contributed by atoms with Gasteiger partial charge in [-0.25, -0.2) is 0 Å². The number of nitrogens with zero attached hydrogens (tertiary/aromatic N) is 2. The molecule has 1 heterocycles. The van der Waals surface area contributed by atoms with E-state index in [1.807, 2.05) is 18.2 Å². The molecule has 2 fully saturated rings. The van der Waals surface area contributed by atoms with Crippen molar-refractivity contribution in [2.75, 3.05) is 31.1 Å². The van der Waals surface area contributed by atoms with E-state index in [2.05, 4.69) is 15.1 Å². The van der Waals surface area contributed by atoms with Crippen LogP contribution in [0.1, 0.15) is 32.1 Å². The standard InChI is InChI=1S/C17H25N3OS/c21-16-8-4-7-15(13-16)19-9-11-20(12-10-19)17(22)18-14-5-2-1-3-6-14/h4,7-8,13-14,21H,1-3,5-6,9-12H2,(H,18,22).